The number of rotatable bonds is 4. The molecule has 2 N–H and O–H groups in total. The lowest BCUT2D eigenvalue weighted by Gasteiger charge is -2.33. The normalized spacial score (nSPS) is 15.5. The van der Waals surface area contributed by atoms with Crippen molar-refractivity contribution in [3.05, 3.63) is 42.4 Å². The number of fused-ring (bicyclic) bond motifs is 1. The number of imidazole rings is 1. The van der Waals surface area contributed by atoms with E-state index in [1.807, 2.05) is 16.7 Å². The van der Waals surface area contributed by atoms with Gasteiger partial charge in [-0.25, -0.2) is 9.97 Å². The summed E-state index contributed by atoms with van der Waals surface area (Å²) in [4.78, 5) is 29.5. The van der Waals surface area contributed by atoms with Crippen molar-refractivity contribution in [2.75, 3.05) is 37.6 Å². The fourth-order valence-corrected chi connectivity index (χ4v) is 3.19. The molecule has 1 fully saturated rings. The van der Waals surface area contributed by atoms with Crippen molar-refractivity contribution in [3.8, 4) is 5.69 Å². The molecule has 0 aliphatic carbocycles. The molecule has 8 heteroatoms. The van der Waals surface area contributed by atoms with Crippen molar-refractivity contribution in [2.45, 2.75) is 6.92 Å². The summed E-state index contributed by atoms with van der Waals surface area (Å²) in [5, 5.41) is 0. The molecule has 0 atom stereocenters. The Hall–Kier alpha value is -3.00. The van der Waals surface area contributed by atoms with Crippen LogP contribution < -0.4 is 10.6 Å². The number of carbonyl (C=O) groups is 1. The Balaban J connectivity index is 1.65. The van der Waals surface area contributed by atoms with Crippen molar-refractivity contribution in [3.63, 3.8) is 0 Å². The fraction of sp³-hybridized carbons (Fsp3) is 0.333. The monoisotopic (exact) mass is 351 g/mol. The highest BCUT2D eigenvalue weighted by Gasteiger charge is 2.19. The predicted octanol–water partition coefficient (Wildman–Crippen LogP) is 1.06. The van der Waals surface area contributed by atoms with Crippen LogP contribution in [-0.2, 0) is 0 Å². The second kappa shape index (κ2) is 6.72. The molecule has 1 saturated heterocycles. The topological polar surface area (TPSA) is 93.2 Å². The highest BCUT2D eigenvalue weighted by Crippen LogP contribution is 2.19. The minimum atomic E-state index is -0.442. The number of carbonyl (C=O) groups excluding carboxylic acids is 1. The van der Waals surface area contributed by atoms with Crippen LogP contribution in [0.15, 0.2) is 36.8 Å². The van der Waals surface area contributed by atoms with Crippen LogP contribution >= 0.6 is 0 Å². The number of benzene rings is 1. The van der Waals surface area contributed by atoms with Crippen LogP contribution in [0.5, 0.6) is 0 Å². The number of piperazine rings is 1. The van der Waals surface area contributed by atoms with Gasteiger partial charge in [0.2, 0.25) is 11.9 Å². The molecule has 3 aromatic rings. The van der Waals surface area contributed by atoms with E-state index < -0.39 is 5.91 Å². The smallest absolute Gasteiger partial charge is 0.248 e. The molecule has 3 heterocycles. The molecule has 0 spiro atoms. The molecule has 8 nitrogen and oxygen atoms in total. The summed E-state index contributed by atoms with van der Waals surface area (Å²) in [6.45, 7) is 7.13. The van der Waals surface area contributed by atoms with Gasteiger partial charge in [-0.15, -0.1) is 0 Å². The standard InChI is InChI=1S/C18H21N7O/c1-2-23-7-9-24(10-8-23)18-20-11-15-17(22-18)25(12-21-15)14-5-3-13(4-6-14)16(19)26/h3-6,11-12H,2,7-10H2,1H3,(H2,19,26). The number of likely N-dealkylation sites (N-methyl/N-ethyl adjacent to an activating group) is 1. The number of primary amides is 1. The molecule has 1 amide bonds. The Morgan fingerprint density at radius 3 is 2.50 bits per heavy atom. The fourth-order valence-electron chi connectivity index (χ4n) is 3.19. The van der Waals surface area contributed by atoms with Crippen LogP contribution in [0.3, 0.4) is 0 Å². The Labute approximate surface area is 151 Å². The average Bonchev–Trinajstić information content (AvgIpc) is 3.11. The third-order valence-electron chi connectivity index (χ3n) is 4.81. The largest absolute Gasteiger partial charge is 0.366 e. The Morgan fingerprint density at radius 2 is 1.85 bits per heavy atom. The minimum absolute atomic E-state index is 0.442. The SMILES string of the molecule is CCN1CCN(c2ncc3ncn(-c4ccc(C(N)=O)cc4)c3n2)CC1. The summed E-state index contributed by atoms with van der Waals surface area (Å²) in [7, 11) is 0. The maximum Gasteiger partial charge on any atom is 0.248 e. The van der Waals surface area contributed by atoms with Gasteiger partial charge in [0.25, 0.3) is 0 Å². The number of hydrogen-bond donors (Lipinski definition) is 1. The zero-order valence-corrected chi connectivity index (χ0v) is 14.7. The van der Waals surface area contributed by atoms with Crippen LogP contribution in [-0.4, -0.2) is 63.0 Å². The molecule has 0 radical (unpaired) electrons. The van der Waals surface area contributed by atoms with Gasteiger partial charge in [0.1, 0.15) is 11.8 Å². The summed E-state index contributed by atoms with van der Waals surface area (Å²) in [6, 6.07) is 7.08. The molecule has 134 valence electrons. The lowest BCUT2D eigenvalue weighted by atomic mass is 10.2. The van der Waals surface area contributed by atoms with Crippen molar-refractivity contribution < 1.29 is 4.79 Å². The van der Waals surface area contributed by atoms with Gasteiger partial charge in [0.15, 0.2) is 5.65 Å². The maximum atomic E-state index is 11.2. The first-order valence-electron chi connectivity index (χ1n) is 8.73. The molecule has 1 aromatic carbocycles. The van der Waals surface area contributed by atoms with Gasteiger partial charge in [-0.2, -0.15) is 4.98 Å². The highest BCUT2D eigenvalue weighted by atomic mass is 16.1. The van der Waals surface area contributed by atoms with Gasteiger partial charge in [-0.3, -0.25) is 9.36 Å². The second-order valence-electron chi connectivity index (χ2n) is 6.33. The number of nitrogens with two attached hydrogens (primary N) is 1. The molecular formula is C18H21N7O. The lowest BCUT2D eigenvalue weighted by Crippen LogP contribution is -2.46. The van der Waals surface area contributed by atoms with Crippen molar-refractivity contribution in [1.82, 2.24) is 24.4 Å². The number of aromatic nitrogens is 4. The number of anilines is 1. The molecule has 4 rings (SSSR count). The van der Waals surface area contributed by atoms with Gasteiger partial charge >= 0.3 is 0 Å². The zero-order chi connectivity index (χ0) is 18.1. The Bertz CT molecular complexity index is 926. The van der Waals surface area contributed by atoms with Gasteiger partial charge < -0.3 is 15.5 Å². The average molecular weight is 351 g/mol. The van der Waals surface area contributed by atoms with E-state index in [-0.39, 0.29) is 0 Å². The minimum Gasteiger partial charge on any atom is -0.366 e. The van der Waals surface area contributed by atoms with E-state index in [2.05, 4.69) is 26.7 Å². The second-order valence-corrected chi connectivity index (χ2v) is 6.33. The molecule has 0 unspecified atom stereocenters. The molecule has 0 saturated carbocycles. The van der Waals surface area contributed by atoms with Crippen LogP contribution in [0.25, 0.3) is 16.9 Å². The van der Waals surface area contributed by atoms with Gasteiger partial charge in [0, 0.05) is 37.4 Å². The van der Waals surface area contributed by atoms with E-state index in [0.717, 1.165) is 55.5 Å². The number of hydrogen-bond acceptors (Lipinski definition) is 6. The summed E-state index contributed by atoms with van der Waals surface area (Å²) in [6.07, 6.45) is 3.48. The third-order valence-corrected chi connectivity index (χ3v) is 4.81. The van der Waals surface area contributed by atoms with E-state index in [9.17, 15) is 4.79 Å². The van der Waals surface area contributed by atoms with Crippen LogP contribution in [0.2, 0.25) is 0 Å². The molecule has 1 aliphatic rings. The van der Waals surface area contributed by atoms with Crippen LogP contribution in [0, 0.1) is 0 Å². The molecular weight excluding hydrogens is 330 g/mol. The number of amides is 1. The van der Waals surface area contributed by atoms with Crippen molar-refractivity contribution >= 4 is 23.0 Å². The molecule has 0 bridgehead atoms. The van der Waals surface area contributed by atoms with E-state index >= 15 is 0 Å². The third kappa shape index (κ3) is 2.99. The van der Waals surface area contributed by atoms with Gasteiger partial charge in [-0.1, -0.05) is 6.92 Å². The van der Waals surface area contributed by atoms with Crippen molar-refractivity contribution in [2.24, 2.45) is 5.73 Å². The number of nitrogens with zero attached hydrogens (tertiary/aromatic N) is 6. The van der Waals surface area contributed by atoms with Crippen LogP contribution in [0.1, 0.15) is 17.3 Å². The van der Waals surface area contributed by atoms with Gasteiger partial charge in [-0.05, 0) is 30.8 Å². The van der Waals surface area contributed by atoms with E-state index in [1.54, 1.807) is 24.7 Å². The highest BCUT2D eigenvalue weighted by molar-refractivity contribution is 5.93. The van der Waals surface area contributed by atoms with Gasteiger partial charge in [0.05, 0.1) is 6.20 Å². The van der Waals surface area contributed by atoms with Crippen molar-refractivity contribution in [1.29, 1.82) is 0 Å². The summed E-state index contributed by atoms with van der Waals surface area (Å²) in [5.41, 5.74) is 8.14. The first-order chi connectivity index (χ1) is 12.7. The zero-order valence-electron chi connectivity index (χ0n) is 14.7. The molecule has 1 aliphatic heterocycles. The summed E-state index contributed by atoms with van der Waals surface area (Å²) in [5.74, 6) is 0.284. The summed E-state index contributed by atoms with van der Waals surface area (Å²) < 4.78 is 1.90. The molecule has 2 aromatic heterocycles. The lowest BCUT2D eigenvalue weighted by molar-refractivity contribution is 0.100. The molecule has 26 heavy (non-hydrogen) atoms. The quantitative estimate of drug-likeness (QED) is 0.755. The van der Waals surface area contributed by atoms with E-state index in [1.165, 1.54) is 0 Å². The Kier molecular flexibility index (Phi) is 4.26. The Morgan fingerprint density at radius 1 is 1.12 bits per heavy atom. The van der Waals surface area contributed by atoms with E-state index in [4.69, 9.17) is 10.7 Å². The summed E-state index contributed by atoms with van der Waals surface area (Å²) >= 11 is 0. The van der Waals surface area contributed by atoms with E-state index in [0.29, 0.717) is 5.56 Å². The maximum absolute atomic E-state index is 11.2. The predicted molar refractivity (Wildman–Crippen MR) is 99.5 cm³/mol. The first kappa shape index (κ1) is 16.5. The first-order valence-corrected chi connectivity index (χ1v) is 8.73. The van der Waals surface area contributed by atoms with Crippen LogP contribution in [0.4, 0.5) is 5.95 Å².